The molecule has 0 spiro atoms. The first-order valence-corrected chi connectivity index (χ1v) is 16.7. The Bertz CT molecular complexity index is 895. The summed E-state index contributed by atoms with van der Waals surface area (Å²) in [4.78, 5) is 24.6. The molecule has 0 amide bonds. The Morgan fingerprint density at radius 2 is 1.67 bits per heavy atom. The lowest BCUT2D eigenvalue weighted by molar-refractivity contribution is -0.199. The summed E-state index contributed by atoms with van der Waals surface area (Å²) in [5.74, 6) is -1.66. The first-order chi connectivity index (χ1) is 16.8. The molecule has 3 aliphatic rings. The summed E-state index contributed by atoms with van der Waals surface area (Å²) < 4.78 is 18.4. The molecule has 0 aliphatic heterocycles. The fourth-order valence-corrected chi connectivity index (χ4v) is 11.3. The molecule has 0 radical (unpaired) electrons. The quantitative estimate of drug-likeness (QED) is 0.181. The van der Waals surface area contributed by atoms with Gasteiger partial charge < -0.3 is 13.9 Å². The van der Waals surface area contributed by atoms with E-state index in [1.165, 1.54) is 45.8 Å². The molecule has 0 aromatic rings. The number of allylic oxidation sites excluding steroid dienone is 2. The van der Waals surface area contributed by atoms with Gasteiger partial charge in [-0.2, -0.15) is 0 Å². The Morgan fingerprint density at radius 3 is 2.22 bits per heavy atom. The second-order valence-corrected chi connectivity index (χ2v) is 17.4. The molecule has 1 unspecified atom stereocenters. The average Bonchev–Trinajstić information content (AvgIpc) is 2.81. The van der Waals surface area contributed by atoms with Crippen molar-refractivity contribution < 1.29 is 23.5 Å². The van der Waals surface area contributed by atoms with Crippen LogP contribution in [0.15, 0.2) is 23.8 Å². The van der Waals surface area contributed by atoms with Crippen molar-refractivity contribution in [3.8, 4) is 0 Å². The van der Waals surface area contributed by atoms with Crippen LogP contribution in [0.5, 0.6) is 0 Å². The van der Waals surface area contributed by atoms with Crippen LogP contribution in [0.3, 0.4) is 0 Å². The third-order valence-electron chi connectivity index (χ3n) is 10.3. The van der Waals surface area contributed by atoms with Gasteiger partial charge in [0.25, 0.3) is 5.79 Å². The van der Waals surface area contributed by atoms with Gasteiger partial charge in [-0.3, -0.25) is 9.59 Å². The first kappa shape index (κ1) is 29.3. The molecular formula is C30H50O5Si. The van der Waals surface area contributed by atoms with Crippen molar-refractivity contribution in [1.82, 2.24) is 0 Å². The number of hydrogen-bond acceptors (Lipinski definition) is 5. The zero-order chi connectivity index (χ0) is 27.0. The van der Waals surface area contributed by atoms with Crippen LogP contribution in [0.2, 0.25) is 18.1 Å². The van der Waals surface area contributed by atoms with E-state index < -0.39 is 20.1 Å². The van der Waals surface area contributed by atoms with E-state index in [1.807, 2.05) is 6.08 Å². The third kappa shape index (κ3) is 5.19. The molecule has 0 aromatic carbocycles. The second kappa shape index (κ2) is 10.5. The molecule has 2 fully saturated rings. The predicted octanol–water partition coefficient (Wildman–Crippen LogP) is 7.37. The van der Waals surface area contributed by atoms with Crippen molar-refractivity contribution in [3.05, 3.63) is 23.8 Å². The Labute approximate surface area is 220 Å². The second-order valence-electron chi connectivity index (χ2n) is 12.7. The van der Waals surface area contributed by atoms with Crippen molar-refractivity contribution >= 4 is 20.1 Å². The topological polar surface area (TPSA) is 61.8 Å². The van der Waals surface area contributed by atoms with Gasteiger partial charge in [-0.15, -0.1) is 0 Å². The maximum absolute atomic E-state index is 12.8. The standard InChI is InChI=1S/C30H50O5Si/c1-10-36(11-2,12-3)35-29(8)19-16-24-27(5,6)17-13-18-28(24,7)25(29)20-23-14-15-26(32)30(21-23,33-9)34-22(4)31/h14-15,21,24-25H,10-13,16-20H2,1-9H3/t24-,25+,28-,29-,30?/m0/s1. The normalized spacial score (nSPS) is 36.2. The molecule has 3 aliphatic carbocycles. The van der Waals surface area contributed by atoms with Crippen LogP contribution in [0.4, 0.5) is 0 Å². The SMILES string of the molecule is CC[Si](CC)(CC)O[C@@]1(C)CC[C@H]2C(C)(C)CCC[C@]2(C)[C@H]1CC1=CC(OC)(OC(C)=O)C(=O)C=C1. The highest BCUT2D eigenvalue weighted by Crippen LogP contribution is 2.64. The number of ether oxygens (including phenoxy) is 2. The van der Waals surface area contributed by atoms with E-state index in [1.54, 1.807) is 6.08 Å². The predicted molar refractivity (Wildman–Crippen MR) is 147 cm³/mol. The Kier molecular flexibility index (Phi) is 8.54. The van der Waals surface area contributed by atoms with Crippen molar-refractivity contribution in [3.63, 3.8) is 0 Å². The van der Waals surface area contributed by atoms with Gasteiger partial charge in [0.05, 0.1) is 5.60 Å². The highest BCUT2D eigenvalue weighted by Gasteiger charge is 2.60. The zero-order valence-corrected chi connectivity index (χ0v) is 25.3. The molecule has 0 N–H and O–H groups in total. The maximum Gasteiger partial charge on any atom is 0.305 e. The molecule has 2 saturated carbocycles. The number of carbonyl (C=O) groups excluding carboxylic acids is 2. The van der Waals surface area contributed by atoms with Crippen molar-refractivity contribution in [2.24, 2.45) is 22.7 Å². The summed E-state index contributed by atoms with van der Waals surface area (Å²) >= 11 is 0. The molecule has 0 aromatic heterocycles. The Morgan fingerprint density at radius 1 is 1.03 bits per heavy atom. The lowest BCUT2D eigenvalue weighted by Gasteiger charge is -2.63. The summed E-state index contributed by atoms with van der Waals surface area (Å²) in [5, 5.41) is 0. The van der Waals surface area contributed by atoms with Crippen molar-refractivity contribution in [2.75, 3.05) is 7.11 Å². The monoisotopic (exact) mass is 518 g/mol. The summed E-state index contributed by atoms with van der Waals surface area (Å²) in [6.07, 6.45) is 11.9. The molecule has 0 saturated heterocycles. The van der Waals surface area contributed by atoms with E-state index >= 15 is 0 Å². The summed E-state index contributed by atoms with van der Waals surface area (Å²) in [6, 6.07) is 3.39. The minimum Gasteiger partial charge on any atom is -0.421 e. The van der Waals surface area contributed by atoms with Gasteiger partial charge in [0.15, 0.2) is 8.32 Å². The number of rotatable bonds is 9. The van der Waals surface area contributed by atoms with Gasteiger partial charge >= 0.3 is 5.97 Å². The molecule has 5 nitrogen and oxygen atoms in total. The van der Waals surface area contributed by atoms with Gasteiger partial charge in [-0.25, -0.2) is 0 Å². The lowest BCUT2D eigenvalue weighted by atomic mass is 9.45. The molecule has 3 rings (SSSR count). The molecule has 0 bridgehead atoms. The van der Waals surface area contributed by atoms with Crippen molar-refractivity contribution in [1.29, 1.82) is 0 Å². The van der Waals surface area contributed by atoms with Gasteiger partial charge in [0, 0.05) is 14.0 Å². The highest BCUT2D eigenvalue weighted by atomic mass is 28.4. The number of fused-ring (bicyclic) bond motifs is 1. The van der Waals surface area contributed by atoms with Gasteiger partial charge in [0.1, 0.15) is 0 Å². The van der Waals surface area contributed by atoms with Crippen LogP contribution in [-0.4, -0.2) is 38.6 Å². The smallest absolute Gasteiger partial charge is 0.305 e. The number of ketones is 1. The van der Waals surface area contributed by atoms with E-state index in [0.29, 0.717) is 11.3 Å². The fourth-order valence-electron chi connectivity index (χ4n) is 8.16. The third-order valence-corrected chi connectivity index (χ3v) is 15.1. The van der Waals surface area contributed by atoms with Crippen molar-refractivity contribution in [2.45, 2.75) is 123 Å². The molecule has 36 heavy (non-hydrogen) atoms. The number of methoxy groups -OCH3 is 1. The lowest BCUT2D eigenvalue weighted by Crippen LogP contribution is -2.61. The fraction of sp³-hybridized carbons (Fsp3) is 0.800. The molecule has 6 heteroatoms. The van der Waals surface area contributed by atoms with Crippen LogP contribution in [0.25, 0.3) is 0 Å². The molecule has 5 atom stereocenters. The Hall–Kier alpha value is -1.24. The van der Waals surface area contributed by atoms with E-state index in [-0.39, 0.29) is 22.7 Å². The van der Waals surface area contributed by atoms with E-state index in [4.69, 9.17) is 13.9 Å². The molecular weight excluding hydrogens is 468 g/mol. The number of carbonyl (C=O) groups is 2. The largest absolute Gasteiger partial charge is 0.421 e. The van der Waals surface area contributed by atoms with Gasteiger partial charge in [-0.1, -0.05) is 54.0 Å². The summed E-state index contributed by atoms with van der Waals surface area (Å²) in [5.41, 5.74) is 1.17. The molecule has 0 heterocycles. The van der Waals surface area contributed by atoms with Crippen LogP contribution in [0, 0.1) is 22.7 Å². The minimum absolute atomic E-state index is 0.122. The van der Waals surface area contributed by atoms with Gasteiger partial charge in [-0.05, 0) is 97.6 Å². The van der Waals surface area contributed by atoms with Crippen LogP contribution in [-0.2, 0) is 23.5 Å². The van der Waals surface area contributed by atoms with Gasteiger partial charge in [0.2, 0.25) is 5.78 Å². The summed E-state index contributed by atoms with van der Waals surface area (Å²) in [6.45, 7) is 18.0. The summed E-state index contributed by atoms with van der Waals surface area (Å²) in [7, 11) is -0.440. The Balaban J connectivity index is 2.09. The minimum atomic E-state index is -1.86. The van der Waals surface area contributed by atoms with E-state index in [0.717, 1.165) is 36.5 Å². The highest BCUT2D eigenvalue weighted by molar-refractivity contribution is 6.73. The van der Waals surface area contributed by atoms with Crippen LogP contribution < -0.4 is 0 Å². The number of esters is 1. The average molecular weight is 519 g/mol. The number of hydrogen-bond donors (Lipinski definition) is 0. The van der Waals surface area contributed by atoms with E-state index in [9.17, 15) is 9.59 Å². The maximum atomic E-state index is 12.8. The zero-order valence-electron chi connectivity index (χ0n) is 24.3. The van der Waals surface area contributed by atoms with Crippen LogP contribution in [0.1, 0.15) is 93.9 Å². The van der Waals surface area contributed by atoms with Crippen LogP contribution >= 0.6 is 0 Å². The molecule has 204 valence electrons. The van der Waals surface area contributed by atoms with E-state index in [2.05, 4.69) is 48.5 Å². The first-order valence-electron chi connectivity index (χ1n) is 14.1.